The number of halogens is 7. The van der Waals surface area contributed by atoms with Crippen molar-refractivity contribution >= 4 is 17.7 Å². The molecule has 0 fully saturated rings. The molecule has 0 unspecified atom stereocenters. The van der Waals surface area contributed by atoms with Gasteiger partial charge in [-0.25, -0.2) is 19.0 Å². The number of rotatable bonds is 2. The molecule has 8 nitrogen and oxygen atoms in total. The lowest BCUT2D eigenvalue weighted by Gasteiger charge is -2.18. The number of aromatic nitrogens is 3. The van der Waals surface area contributed by atoms with Crippen molar-refractivity contribution in [3.8, 4) is 11.3 Å². The van der Waals surface area contributed by atoms with E-state index in [0.717, 1.165) is 36.5 Å². The molecule has 1 aliphatic rings. The van der Waals surface area contributed by atoms with Crippen LogP contribution in [-0.2, 0) is 22.6 Å². The number of benzene rings is 1. The van der Waals surface area contributed by atoms with E-state index in [2.05, 4.69) is 34.3 Å². The molecule has 0 saturated heterocycles. The molecule has 198 valence electrons. The number of fused-ring (bicyclic) bond motifs is 3. The molecule has 0 amide bonds. The molecule has 0 spiro atoms. The number of nitrogens with one attached hydrogen (secondary N) is 1. The van der Waals surface area contributed by atoms with Crippen molar-refractivity contribution in [2.75, 3.05) is 6.54 Å². The van der Waals surface area contributed by atoms with E-state index in [1.54, 1.807) is 12.1 Å². The summed E-state index contributed by atoms with van der Waals surface area (Å²) in [5.41, 5.74) is 4.49. The summed E-state index contributed by atoms with van der Waals surface area (Å²) in [5, 5.41) is 17.7. The van der Waals surface area contributed by atoms with Gasteiger partial charge in [0.25, 0.3) is 0 Å². The Hall–Kier alpha value is -3.62. The standard InChI is InChI=1S/C17H19FN4.2C2HF3O2/c1-11(2)22-15-7-8-19-9-16(15)21-10-14(20-17(21)22)12-3-5-13(18)6-4-12;2*3-2(4,5)1(6)7/h3-6,10-11,19H,7-9H2,1-2H3;2*(H,6,7). The van der Waals surface area contributed by atoms with Gasteiger partial charge in [0.15, 0.2) is 0 Å². The van der Waals surface area contributed by atoms with Crippen molar-refractivity contribution in [2.45, 2.75) is 45.2 Å². The van der Waals surface area contributed by atoms with Crippen molar-refractivity contribution in [1.82, 2.24) is 19.3 Å². The third-order valence-electron chi connectivity index (χ3n) is 4.79. The van der Waals surface area contributed by atoms with Crippen LogP contribution in [0.25, 0.3) is 17.0 Å². The molecule has 2 aromatic heterocycles. The Labute approximate surface area is 199 Å². The summed E-state index contributed by atoms with van der Waals surface area (Å²) in [6.07, 6.45) is -7.07. The topological polar surface area (TPSA) is 109 Å². The van der Waals surface area contributed by atoms with Gasteiger partial charge in [-0.2, -0.15) is 26.3 Å². The van der Waals surface area contributed by atoms with E-state index >= 15 is 0 Å². The Morgan fingerprint density at radius 3 is 1.92 bits per heavy atom. The molecule has 1 aromatic carbocycles. The minimum atomic E-state index is -5.08. The molecule has 0 radical (unpaired) electrons. The number of alkyl halides is 6. The van der Waals surface area contributed by atoms with Crippen molar-refractivity contribution in [3.05, 3.63) is 47.7 Å². The molecule has 4 rings (SSSR count). The number of hydrogen-bond acceptors (Lipinski definition) is 4. The van der Waals surface area contributed by atoms with Crippen LogP contribution in [0.15, 0.2) is 30.5 Å². The summed E-state index contributed by atoms with van der Waals surface area (Å²) >= 11 is 0. The number of aliphatic carboxylic acids is 2. The summed E-state index contributed by atoms with van der Waals surface area (Å²) in [5.74, 6) is -4.76. The average molecular weight is 526 g/mol. The predicted molar refractivity (Wildman–Crippen MR) is 112 cm³/mol. The Morgan fingerprint density at radius 2 is 1.47 bits per heavy atom. The van der Waals surface area contributed by atoms with Crippen molar-refractivity contribution in [1.29, 1.82) is 0 Å². The average Bonchev–Trinajstić information content (AvgIpc) is 3.31. The lowest BCUT2D eigenvalue weighted by Crippen LogP contribution is -2.25. The van der Waals surface area contributed by atoms with Gasteiger partial charge < -0.3 is 20.1 Å². The first kappa shape index (κ1) is 28.6. The maximum absolute atomic E-state index is 13.1. The van der Waals surface area contributed by atoms with Gasteiger partial charge in [-0.3, -0.25) is 4.40 Å². The molecule has 0 bridgehead atoms. The fourth-order valence-electron chi connectivity index (χ4n) is 3.31. The molecular formula is C21H21F7N4O4. The second kappa shape index (κ2) is 11.0. The van der Waals surface area contributed by atoms with Gasteiger partial charge in [0, 0.05) is 43.0 Å². The molecule has 0 aliphatic carbocycles. The minimum absolute atomic E-state index is 0.221. The summed E-state index contributed by atoms with van der Waals surface area (Å²) in [6.45, 7) is 6.26. The SMILES string of the molecule is CC(C)n1c2c(n3cc(-c4ccc(F)cc4)nc13)CNCC2.O=C(O)C(F)(F)F.O=C(O)C(F)(F)F. The number of nitrogens with zero attached hydrogens (tertiary/aromatic N) is 3. The van der Waals surface area contributed by atoms with Crippen LogP contribution in [0.4, 0.5) is 30.7 Å². The van der Waals surface area contributed by atoms with E-state index in [-0.39, 0.29) is 5.82 Å². The first-order valence-electron chi connectivity index (χ1n) is 10.2. The van der Waals surface area contributed by atoms with Crippen LogP contribution in [0.5, 0.6) is 0 Å². The van der Waals surface area contributed by atoms with Gasteiger partial charge >= 0.3 is 24.3 Å². The van der Waals surface area contributed by atoms with E-state index in [1.165, 1.54) is 23.5 Å². The number of carbonyl (C=O) groups is 2. The van der Waals surface area contributed by atoms with Gasteiger partial charge in [0.2, 0.25) is 5.78 Å². The van der Waals surface area contributed by atoms with Crippen LogP contribution in [0.1, 0.15) is 31.3 Å². The zero-order valence-electron chi connectivity index (χ0n) is 18.8. The highest BCUT2D eigenvalue weighted by atomic mass is 19.4. The van der Waals surface area contributed by atoms with Gasteiger partial charge in [0.05, 0.1) is 11.4 Å². The van der Waals surface area contributed by atoms with Crippen LogP contribution >= 0.6 is 0 Å². The normalized spacial score (nSPS) is 13.4. The molecule has 3 N–H and O–H groups in total. The molecule has 0 saturated carbocycles. The zero-order chi connectivity index (χ0) is 27.4. The van der Waals surface area contributed by atoms with Crippen LogP contribution in [0, 0.1) is 5.82 Å². The van der Waals surface area contributed by atoms with Gasteiger partial charge in [0.1, 0.15) is 5.82 Å². The minimum Gasteiger partial charge on any atom is -0.475 e. The molecular weight excluding hydrogens is 505 g/mol. The highest BCUT2D eigenvalue weighted by Crippen LogP contribution is 2.28. The highest BCUT2D eigenvalue weighted by molar-refractivity contribution is 5.73. The zero-order valence-corrected chi connectivity index (χ0v) is 18.8. The van der Waals surface area contributed by atoms with E-state index in [4.69, 9.17) is 24.8 Å². The largest absolute Gasteiger partial charge is 0.490 e. The number of hydrogen-bond donors (Lipinski definition) is 3. The molecule has 0 atom stereocenters. The van der Waals surface area contributed by atoms with E-state index < -0.39 is 24.3 Å². The van der Waals surface area contributed by atoms with Crippen molar-refractivity contribution in [3.63, 3.8) is 0 Å². The fraction of sp³-hybridized carbons (Fsp3) is 0.381. The van der Waals surface area contributed by atoms with Crippen LogP contribution in [0.3, 0.4) is 0 Å². The Kier molecular flexibility index (Phi) is 8.72. The van der Waals surface area contributed by atoms with Crippen LogP contribution in [-0.4, -0.2) is 55.0 Å². The summed E-state index contributed by atoms with van der Waals surface area (Å²) in [7, 11) is 0. The first-order chi connectivity index (χ1) is 16.5. The second-order valence-corrected chi connectivity index (χ2v) is 7.69. The molecule has 1 aliphatic heterocycles. The highest BCUT2D eigenvalue weighted by Gasteiger charge is 2.38. The monoisotopic (exact) mass is 526 g/mol. The lowest BCUT2D eigenvalue weighted by molar-refractivity contribution is -0.193. The first-order valence-corrected chi connectivity index (χ1v) is 10.2. The second-order valence-electron chi connectivity index (χ2n) is 7.69. The van der Waals surface area contributed by atoms with Gasteiger partial charge in [-0.1, -0.05) is 0 Å². The molecule has 3 aromatic rings. The lowest BCUT2D eigenvalue weighted by atomic mass is 10.1. The molecule has 36 heavy (non-hydrogen) atoms. The number of carboxylic acids is 2. The number of carboxylic acid groups (broad SMARTS) is 2. The Morgan fingerprint density at radius 1 is 0.972 bits per heavy atom. The van der Waals surface area contributed by atoms with Crippen molar-refractivity contribution < 1.29 is 50.5 Å². The Bertz CT molecular complexity index is 1190. The van der Waals surface area contributed by atoms with E-state index in [0.29, 0.717) is 6.04 Å². The fourth-order valence-corrected chi connectivity index (χ4v) is 3.31. The van der Waals surface area contributed by atoms with Gasteiger partial charge in [-0.05, 0) is 38.1 Å². The van der Waals surface area contributed by atoms with E-state index in [1.807, 2.05) is 0 Å². The van der Waals surface area contributed by atoms with Crippen LogP contribution in [0.2, 0.25) is 0 Å². The smallest absolute Gasteiger partial charge is 0.475 e. The molecule has 15 heteroatoms. The maximum Gasteiger partial charge on any atom is 0.490 e. The predicted octanol–water partition coefficient (Wildman–Crippen LogP) is 4.44. The van der Waals surface area contributed by atoms with E-state index in [9.17, 15) is 30.7 Å². The summed E-state index contributed by atoms with van der Waals surface area (Å²) in [6, 6.07) is 6.88. The molecule has 3 heterocycles. The summed E-state index contributed by atoms with van der Waals surface area (Å²) < 4.78 is 81.1. The summed E-state index contributed by atoms with van der Waals surface area (Å²) in [4.78, 5) is 22.6. The third kappa shape index (κ3) is 6.96. The maximum atomic E-state index is 13.1. The third-order valence-corrected chi connectivity index (χ3v) is 4.79. The van der Waals surface area contributed by atoms with Crippen molar-refractivity contribution in [2.24, 2.45) is 0 Å². The van der Waals surface area contributed by atoms with Gasteiger partial charge in [-0.15, -0.1) is 0 Å². The quantitative estimate of drug-likeness (QED) is 0.427. The van der Waals surface area contributed by atoms with Crippen LogP contribution < -0.4 is 5.32 Å². The number of imidazole rings is 2. The Balaban J connectivity index is 0.000000271.